The van der Waals surface area contributed by atoms with Crippen LogP contribution in [0.2, 0.25) is 0 Å². The number of fused-ring (bicyclic) bond motifs is 4. The number of benzene rings is 3. The van der Waals surface area contributed by atoms with Crippen molar-refractivity contribution in [2.24, 2.45) is 5.41 Å². The molecular formula is C28H29NO2. The van der Waals surface area contributed by atoms with Crippen LogP contribution in [-0.2, 0) is 4.79 Å². The van der Waals surface area contributed by atoms with Gasteiger partial charge in [-0.3, -0.25) is 4.79 Å². The summed E-state index contributed by atoms with van der Waals surface area (Å²) in [6.07, 6.45) is 1.52. The number of ketones is 1. The zero-order chi connectivity index (χ0) is 21.8. The van der Waals surface area contributed by atoms with Crippen LogP contribution in [-0.4, -0.2) is 11.9 Å². The normalized spacial score (nSPS) is 19.8. The van der Waals surface area contributed by atoms with Crippen LogP contribution in [0, 0.1) is 5.41 Å². The summed E-state index contributed by atoms with van der Waals surface area (Å²) in [6.45, 7) is 8.47. The molecule has 3 aromatic rings. The maximum Gasteiger partial charge on any atom is 0.162 e. The number of hydrogen-bond donors (Lipinski definition) is 1. The Balaban J connectivity index is 1.77. The Labute approximate surface area is 184 Å². The van der Waals surface area contributed by atoms with Gasteiger partial charge in [-0.15, -0.1) is 0 Å². The van der Waals surface area contributed by atoms with Crippen molar-refractivity contribution in [3.05, 3.63) is 77.4 Å². The van der Waals surface area contributed by atoms with Crippen molar-refractivity contribution < 1.29 is 9.53 Å². The van der Waals surface area contributed by atoms with Gasteiger partial charge in [0.25, 0.3) is 0 Å². The molecule has 0 saturated heterocycles. The highest BCUT2D eigenvalue weighted by Crippen LogP contribution is 2.52. The minimum atomic E-state index is -0.206. The molecule has 1 atom stereocenters. The highest BCUT2D eigenvalue weighted by Gasteiger charge is 2.41. The Morgan fingerprint density at radius 2 is 1.71 bits per heavy atom. The van der Waals surface area contributed by atoms with Crippen molar-refractivity contribution >= 4 is 27.8 Å². The fraction of sp³-hybridized carbons (Fsp3) is 0.321. The quantitative estimate of drug-likeness (QED) is 0.507. The number of ether oxygens (including phenoxy) is 1. The van der Waals surface area contributed by atoms with Gasteiger partial charge in [0.2, 0.25) is 0 Å². The second kappa shape index (κ2) is 7.26. The first-order valence-electron chi connectivity index (χ1n) is 11.1. The summed E-state index contributed by atoms with van der Waals surface area (Å²) in [4.78, 5) is 13.6. The van der Waals surface area contributed by atoms with E-state index in [-0.39, 0.29) is 23.3 Å². The van der Waals surface area contributed by atoms with E-state index >= 15 is 0 Å². The number of Topliss-reactive ketones (excluding diaryl/α,β-unsaturated/α-hetero) is 1. The Bertz CT molecular complexity index is 1220. The summed E-state index contributed by atoms with van der Waals surface area (Å²) in [5.41, 5.74) is 5.34. The summed E-state index contributed by atoms with van der Waals surface area (Å²) in [5, 5.41) is 6.12. The highest BCUT2D eigenvalue weighted by molar-refractivity contribution is 6.13. The van der Waals surface area contributed by atoms with Crippen LogP contribution in [0.15, 0.2) is 66.2 Å². The van der Waals surface area contributed by atoms with Gasteiger partial charge >= 0.3 is 0 Å². The summed E-state index contributed by atoms with van der Waals surface area (Å²) in [5.74, 6) is 1.07. The standard InChI is InChI=1S/C28H29NO2/c1-17(2)31-24-12-8-7-11-20(24)27-26-21(15-28(3,4)16-23(26)30)25-19-10-6-5-9-18(19)13-14-22(25)29-27/h5-14,17,27,29H,15-16H2,1-4H3/t27-/m1/s1. The van der Waals surface area contributed by atoms with Crippen LogP contribution in [0.5, 0.6) is 5.75 Å². The van der Waals surface area contributed by atoms with E-state index in [1.807, 2.05) is 32.0 Å². The minimum absolute atomic E-state index is 0.0556. The molecule has 2 aliphatic rings. The van der Waals surface area contributed by atoms with E-state index in [4.69, 9.17) is 4.74 Å². The second-order valence-corrected chi connectivity index (χ2v) is 9.82. The molecule has 0 saturated carbocycles. The summed E-state index contributed by atoms with van der Waals surface area (Å²) in [7, 11) is 0. The molecule has 31 heavy (non-hydrogen) atoms. The predicted octanol–water partition coefficient (Wildman–Crippen LogP) is 6.94. The van der Waals surface area contributed by atoms with Gasteiger partial charge in [-0.2, -0.15) is 0 Å². The van der Waals surface area contributed by atoms with Gasteiger partial charge in [-0.05, 0) is 54.2 Å². The second-order valence-electron chi connectivity index (χ2n) is 9.82. The molecule has 5 rings (SSSR count). The monoisotopic (exact) mass is 411 g/mol. The molecule has 0 radical (unpaired) electrons. The molecule has 0 bridgehead atoms. The maximum absolute atomic E-state index is 13.6. The van der Waals surface area contributed by atoms with E-state index in [9.17, 15) is 4.79 Å². The molecule has 0 amide bonds. The van der Waals surface area contributed by atoms with E-state index < -0.39 is 0 Å². The topological polar surface area (TPSA) is 38.3 Å². The number of para-hydroxylation sites is 1. The fourth-order valence-corrected chi connectivity index (χ4v) is 5.15. The molecule has 3 heteroatoms. The van der Waals surface area contributed by atoms with Crippen molar-refractivity contribution in [2.75, 3.05) is 5.32 Å². The number of nitrogens with one attached hydrogen (secondary N) is 1. The molecule has 1 aliphatic carbocycles. The number of rotatable bonds is 3. The van der Waals surface area contributed by atoms with Crippen molar-refractivity contribution in [1.29, 1.82) is 0 Å². The lowest BCUT2D eigenvalue weighted by Crippen LogP contribution is -2.33. The first-order valence-corrected chi connectivity index (χ1v) is 11.1. The number of carbonyl (C=O) groups is 1. The smallest absolute Gasteiger partial charge is 0.162 e. The lowest BCUT2D eigenvalue weighted by molar-refractivity contribution is -0.118. The van der Waals surface area contributed by atoms with Crippen LogP contribution >= 0.6 is 0 Å². The summed E-state index contributed by atoms with van der Waals surface area (Å²) < 4.78 is 6.14. The Morgan fingerprint density at radius 3 is 2.52 bits per heavy atom. The lowest BCUT2D eigenvalue weighted by atomic mass is 9.68. The van der Waals surface area contributed by atoms with Crippen LogP contribution in [0.4, 0.5) is 5.69 Å². The van der Waals surface area contributed by atoms with Gasteiger partial charge in [-0.25, -0.2) is 0 Å². The Morgan fingerprint density at radius 1 is 0.968 bits per heavy atom. The third kappa shape index (κ3) is 3.42. The van der Waals surface area contributed by atoms with Gasteiger partial charge in [0, 0.05) is 28.8 Å². The molecular weight excluding hydrogens is 382 g/mol. The molecule has 1 heterocycles. The van der Waals surface area contributed by atoms with Crippen LogP contribution < -0.4 is 10.1 Å². The van der Waals surface area contributed by atoms with E-state index in [0.717, 1.165) is 29.0 Å². The molecule has 0 fully saturated rings. The molecule has 0 spiro atoms. The van der Waals surface area contributed by atoms with Crippen LogP contribution in [0.25, 0.3) is 16.3 Å². The van der Waals surface area contributed by atoms with E-state index in [1.54, 1.807) is 0 Å². The molecule has 3 nitrogen and oxygen atoms in total. The Hall–Kier alpha value is -3.07. The molecule has 3 aromatic carbocycles. The largest absolute Gasteiger partial charge is 0.491 e. The average molecular weight is 412 g/mol. The van der Waals surface area contributed by atoms with E-state index in [0.29, 0.717) is 6.42 Å². The van der Waals surface area contributed by atoms with Gasteiger partial charge in [0.15, 0.2) is 5.78 Å². The number of allylic oxidation sites excluding steroid dienone is 1. The third-order valence-corrected chi connectivity index (χ3v) is 6.33. The average Bonchev–Trinajstić information content (AvgIpc) is 2.72. The Kier molecular flexibility index (Phi) is 4.65. The molecule has 1 aliphatic heterocycles. The molecule has 158 valence electrons. The van der Waals surface area contributed by atoms with Crippen LogP contribution in [0.1, 0.15) is 57.7 Å². The highest BCUT2D eigenvalue weighted by atomic mass is 16.5. The van der Waals surface area contributed by atoms with Gasteiger partial charge < -0.3 is 10.1 Å². The fourth-order valence-electron chi connectivity index (χ4n) is 5.15. The van der Waals surface area contributed by atoms with Gasteiger partial charge in [0.05, 0.1) is 12.1 Å². The zero-order valence-electron chi connectivity index (χ0n) is 18.7. The lowest BCUT2D eigenvalue weighted by Gasteiger charge is -2.40. The number of carbonyl (C=O) groups excluding carboxylic acids is 1. The van der Waals surface area contributed by atoms with Crippen LogP contribution in [0.3, 0.4) is 0 Å². The van der Waals surface area contributed by atoms with Crippen molar-refractivity contribution in [3.8, 4) is 5.75 Å². The first-order chi connectivity index (χ1) is 14.8. The molecule has 0 aromatic heterocycles. The third-order valence-electron chi connectivity index (χ3n) is 6.33. The SMILES string of the molecule is CC(C)Oc1ccccc1[C@H]1Nc2ccc3ccccc3c2C2=C1C(=O)CC(C)(C)C2. The summed E-state index contributed by atoms with van der Waals surface area (Å²) >= 11 is 0. The molecule has 1 N–H and O–H groups in total. The van der Waals surface area contributed by atoms with Crippen molar-refractivity contribution in [3.63, 3.8) is 0 Å². The number of hydrogen-bond acceptors (Lipinski definition) is 3. The zero-order valence-corrected chi connectivity index (χ0v) is 18.7. The van der Waals surface area contributed by atoms with Gasteiger partial charge in [0.1, 0.15) is 5.75 Å². The summed E-state index contributed by atoms with van der Waals surface area (Å²) in [6, 6.07) is 20.7. The number of anilines is 1. The predicted molar refractivity (Wildman–Crippen MR) is 127 cm³/mol. The first kappa shape index (κ1) is 19.9. The molecule has 0 unspecified atom stereocenters. The van der Waals surface area contributed by atoms with Gasteiger partial charge in [-0.1, -0.05) is 62.4 Å². The van der Waals surface area contributed by atoms with Crippen molar-refractivity contribution in [2.45, 2.75) is 52.7 Å². The van der Waals surface area contributed by atoms with E-state index in [2.05, 4.69) is 61.6 Å². The van der Waals surface area contributed by atoms with E-state index in [1.165, 1.54) is 21.9 Å². The maximum atomic E-state index is 13.6. The minimum Gasteiger partial charge on any atom is -0.491 e. The van der Waals surface area contributed by atoms with Crippen molar-refractivity contribution in [1.82, 2.24) is 0 Å².